The second kappa shape index (κ2) is 6.95. The van der Waals surface area contributed by atoms with Gasteiger partial charge in [-0.3, -0.25) is 0 Å². The summed E-state index contributed by atoms with van der Waals surface area (Å²) in [6.07, 6.45) is -0.731. The summed E-state index contributed by atoms with van der Waals surface area (Å²) >= 11 is 11.8. The van der Waals surface area contributed by atoms with Gasteiger partial charge in [-0.1, -0.05) is 47.5 Å². The molecule has 0 saturated carbocycles. The van der Waals surface area contributed by atoms with Crippen LogP contribution in [0.1, 0.15) is 17.2 Å². The second-order valence-corrected chi connectivity index (χ2v) is 5.28. The molecule has 0 spiro atoms. The van der Waals surface area contributed by atoms with E-state index in [4.69, 9.17) is 23.2 Å². The molecule has 0 aliphatic carbocycles. The third kappa shape index (κ3) is 3.87. The molecule has 0 heterocycles. The van der Waals surface area contributed by atoms with Crippen molar-refractivity contribution in [1.29, 1.82) is 0 Å². The summed E-state index contributed by atoms with van der Waals surface area (Å²) in [4.78, 5) is 0. The van der Waals surface area contributed by atoms with Gasteiger partial charge >= 0.3 is 0 Å². The van der Waals surface area contributed by atoms with Crippen LogP contribution >= 0.6 is 23.2 Å². The Morgan fingerprint density at radius 1 is 1.10 bits per heavy atom. The third-order valence-corrected chi connectivity index (χ3v) is 3.53. The van der Waals surface area contributed by atoms with Gasteiger partial charge in [0.25, 0.3) is 0 Å². The van der Waals surface area contributed by atoms with E-state index in [0.717, 1.165) is 5.56 Å². The number of benzene rings is 2. The normalized spacial score (nSPS) is 12.3. The number of rotatable bonds is 5. The first-order valence-corrected chi connectivity index (χ1v) is 6.94. The first-order valence-electron chi connectivity index (χ1n) is 6.18. The lowest BCUT2D eigenvalue weighted by Gasteiger charge is -2.14. The number of aliphatic hydroxyl groups is 1. The van der Waals surface area contributed by atoms with E-state index < -0.39 is 6.10 Å². The minimum atomic E-state index is -0.731. The smallest absolute Gasteiger partial charge is 0.120 e. The maximum absolute atomic E-state index is 10.1. The Hall–Kier alpha value is -1.26. The molecule has 1 unspecified atom stereocenters. The second-order valence-electron chi connectivity index (χ2n) is 4.44. The molecule has 20 heavy (non-hydrogen) atoms. The Bertz CT molecular complexity index is 590. The zero-order chi connectivity index (χ0) is 14.5. The van der Waals surface area contributed by atoms with E-state index >= 15 is 0 Å². The van der Waals surface area contributed by atoms with Gasteiger partial charge in [-0.05, 0) is 18.2 Å². The predicted octanol–water partition coefficient (Wildman–Crippen LogP) is 3.52. The van der Waals surface area contributed by atoms with Crippen LogP contribution < -0.4 is 5.32 Å². The Kier molecular flexibility index (Phi) is 5.26. The number of phenols is 1. The fraction of sp³-hybridized carbons (Fsp3) is 0.200. The van der Waals surface area contributed by atoms with Gasteiger partial charge in [0, 0.05) is 34.3 Å². The largest absolute Gasteiger partial charge is 0.508 e. The lowest BCUT2D eigenvalue weighted by molar-refractivity contribution is 0.174. The Morgan fingerprint density at radius 3 is 2.55 bits per heavy atom. The van der Waals surface area contributed by atoms with Gasteiger partial charge in [0.1, 0.15) is 5.75 Å². The Morgan fingerprint density at radius 2 is 1.85 bits per heavy atom. The molecule has 3 N–H and O–H groups in total. The highest BCUT2D eigenvalue weighted by atomic mass is 35.5. The van der Waals surface area contributed by atoms with Crippen LogP contribution in [0.3, 0.4) is 0 Å². The zero-order valence-electron chi connectivity index (χ0n) is 10.7. The van der Waals surface area contributed by atoms with Crippen molar-refractivity contribution in [3.05, 3.63) is 63.6 Å². The molecule has 0 aliphatic rings. The zero-order valence-corrected chi connectivity index (χ0v) is 12.2. The quantitative estimate of drug-likeness (QED) is 0.792. The van der Waals surface area contributed by atoms with Crippen LogP contribution in [0.2, 0.25) is 10.0 Å². The summed E-state index contributed by atoms with van der Waals surface area (Å²) in [6.45, 7) is 0.796. The fourth-order valence-electron chi connectivity index (χ4n) is 1.89. The van der Waals surface area contributed by atoms with Gasteiger partial charge in [-0.15, -0.1) is 0 Å². The van der Waals surface area contributed by atoms with Crippen molar-refractivity contribution in [2.24, 2.45) is 0 Å². The van der Waals surface area contributed by atoms with Gasteiger partial charge in [0.2, 0.25) is 0 Å². The molecule has 2 aromatic rings. The first-order chi connectivity index (χ1) is 9.58. The molecule has 1 atom stereocenters. The molecular formula is C15H15Cl2NO2. The number of aromatic hydroxyl groups is 1. The van der Waals surface area contributed by atoms with Crippen LogP contribution in [0.15, 0.2) is 42.5 Å². The van der Waals surface area contributed by atoms with Crippen LogP contribution in [0, 0.1) is 0 Å². The summed E-state index contributed by atoms with van der Waals surface area (Å²) in [5, 5.41) is 23.8. The van der Waals surface area contributed by atoms with Crippen molar-refractivity contribution in [2.45, 2.75) is 12.6 Å². The highest BCUT2D eigenvalue weighted by Gasteiger charge is 2.11. The lowest BCUT2D eigenvalue weighted by atomic mass is 10.1. The van der Waals surface area contributed by atoms with E-state index in [-0.39, 0.29) is 5.75 Å². The van der Waals surface area contributed by atoms with Gasteiger partial charge in [-0.2, -0.15) is 0 Å². The van der Waals surface area contributed by atoms with Crippen molar-refractivity contribution in [1.82, 2.24) is 5.32 Å². The standard InChI is InChI=1S/C15H15Cl2NO2/c16-11-5-6-12(13(17)7-11)15(20)9-18-8-10-3-1-2-4-14(10)19/h1-7,15,18-20H,8-9H2. The van der Waals surface area contributed by atoms with Crippen molar-refractivity contribution in [2.75, 3.05) is 6.54 Å². The van der Waals surface area contributed by atoms with Gasteiger partial charge in [0.05, 0.1) is 6.10 Å². The van der Waals surface area contributed by atoms with Crippen molar-refractivity contribution >= 4 is 23.2 Å². The summed E-state index contributed by atoms with van der Waals surface area (Å²) in [7, 11) is 0. The average Bonchev–Trinajstić information content (AvgIpc) is 2.40. The van der Waals surface area contributed by atoms with Crippen LogP contribution in [0.4, 0.5) is 0 Å². The number of nitrogens with one attached hydrogen (secondary N) is 1. The average molecular weight is 312 g/mol. The summed E-state index contributed by atoms with van der Waals surface area (Å²) < 4.78 is 0. The molecular weight excluding hydrogens is 297 g/mol. The molecule has 3 nitrogen and oxygen atoms in total. The minimum absolute atomic E-state index is 0.235. The number of hydrogen-bond acceptors (Lipinski definition) is 3. The number of hydrogen-bond donors (Lipinski definition) is 3. The molecule has 0 aliphatic heterocycles. The molecule has 106 valence electrons. The van der Waals surface area contributed by atoms with E-state index in [1.54, 1.807) is 30.3 Å². The van der Waals surface area contributed by atoms with Crippen LogP contribution in [-0.4, -0.2) is 16.8 Å². The maximum atomic E-state index is 10.1. The topological polar surface area (TPSA) is 52.5 Å². The molecule has 0 amide bonds. The van der Waals surface area contributed by atoms with E-state index in [9.17, 15) is 10.2 Å². The van der Waals surface area contributed by atoms with Crippen LogP contribution in [0.25, 0.3) is 0 Å². The fourth-order valence-corrected chi connectivity index (χ4v) is 2.42. The molecule has 0 saturated heterocycles. The lowest BCUT2D eigenvalue weighted by Crippen LogP contribution is -2.21. The molecule has 2 aromatic carbocycles. The van der Waals surface area contributed by atoms with Gasteiger partial charge < -0.3 is 15.5 Å². The highest BCUT2D eigenvalue weighted by molar-refractivity contribution is 6.35. The number of halogens is 2. The van der Waals surface area contributed by atoms with E-state index in [1.807, 2.05) is 12.1 Å². The minimum Gasteiger partial charge on any atom is -0.508 e. The summed E-state index contributed by atoms with van der Waals surface area (Å²) in [6, 6.07) is 12.1. The van der Waals surface area contributed by atoms with Gasteiger partial charge in [0.15, 0.2) is 0 Å². The summed E-state index contributed by atoms with van der Waals surface area (Å²) in [5.74, 6) is 0.235. The summed E-state index contributed by atoms with van der Waals surface area (Å²) in [5.41, 5.74) is 1.41. The molecule has 0 aromatic heterocycles. The third-order valence-electron chi connectivity index (χ3n) is 2.97. The van der Waals surface area contributed by atoms with Crippen molar-refractivity contribution < 1.29 is 10.2 Å². The van der Waals surface area contributed by atoms with Crippen molar-refractivity contribution in [3.8, 4) is 5.75 Å². The SMILES string of the molecule is Oc1ccccc1CNCC(O)c1ccc(Cl)cc1Cl. The van der Waals surface area contributed by atoms with E-state index in [1.165, 1.54) is 0 Å². The maximum Gasteiger partial charge on any atom is 0.120 e. The number of aliphatic hydroxyl groups excluding tert-OH is 1. The molecule has 5 heteroatoms. The number of para-hydroxylation sites is 1. The Labute approximate surface area is 127 Å². The van der Waals surface area contributed by atoms with Crippen molar-refractivity contribution in [3.63, 3.8) is 0 Å². The number of phenolic OH excluding ortho intramolecular Hbond substituents is 1. The monoisotopic (exact) mass is 311 g/mol. The molecule has 2 rings (SSSR count). The Balaban J connectivity index is 1.92. The van der Waals surface area contributed by atoms with E-state index in [2.05, 4.69) is 5.32 Å². The molecule has 0 radical (unpaired) electrons. The predicted molar refractivity (Wildman–Crippen MR) is 81.2 cm³/mol. The first kappa shape index (κ1) is 15.1. The van der Waals surface area contributed by atoms with Crippen LogP contribution in [-0.2, 0) is 6.54 Å². The van der Waals surface area contributed by atoms with Gasteiger partial charge in [-0.25, -0.2) is 0 Å². The van der Waals surface area contributed by atoms with Crippen LogP contribution in [0.5, 0.6) is 5.75 Å². The van der Waals surface area contributed by atoms with E-state index in [0.29, 0.717) is 28.7 Å². The molecule has 0 fully saturated rings. The molecule has 0 bridgehead atoms. The highest BCUT2D eigenvalue weighted by Crippen LogP contribution is 2.26.